The van der Waals surface area contributed by atoms with Gasteiger partial charge in [0.15, 0.2) is 0 Å². The molecule has 0 bridgehead atoms. The number of furan rings is 1. The van der Waals surface area contributed by atoms with Crippen molar-refractivity contribution in [1.29, 1.82) is 0 Å². The van der Waals surface area contributed by atoms with Gasteiger partial charge in [0.1, 0.15) is 18.1 Å². The molecule has 0 radical (unpaired) electrons. The van der Waals surface area contributed by atoms with Crippen LogP contribution in [0.15, 0.2) is 10.5 Å². The fraction of sp³-hybridized carbons (Fsp3) is 0.733. The Labute approximate surface area is 116 Å². The van der Waals surface area contributed by atoms with Crippen LogP contribution in [0.25, 0.3) is 0 Å². The zero-order valence-electron chi connectivity index (χ0n) is 12.6. The molecule has 0 saturated carbocycles. The van der Waals surface area contributed by atoms with Crippen LogP contribution in [0, 0.1) is 12.8 Å². The van der Waals surface area contributed by atoms with Crippen LogP contribution in [0.4, 0.5) is 0 Å². The average molecular weight is 269 g/mol. The first-order chi connectivity index (χ1) is 9.13. The second-order valence-electron chi connectivity index (χ2n) is 5.12. The van der Waals surface area contributed by atoms with Crippen LogP contribution in [0.3, 0.4) is 0 Å². The van der Waals surface area contributed by atoms with Crippen LogP contribution < -0.4 is 5.32 Å². The monoisotopic (exact) mass is 269 g/mol. The first kappa shape index (κ1) is 16.2. The van der Waals surface area contributed by atoms with Gasteiger partial charge in [0.25, 0.3) is 0 Å². The Bertz CT molecular complexity index is 347. The third kappa shape index (κ3) is 6.76. The van der Waals surface area contributed by atoms with Gasteiger partial charge in [-0.2, -0.15) is 0 Å². The van der Waals surface area contributed by atoms with Gasteiger partial charge in [-0.25, -0.2) is 0 Å². The van der Waals surface area contributed by atoms with Crippen molar-refractivity contribution in [1.82, 2.24) is 5.32 Å². The van der Waals surface area contributed by atoms with E-state index in [-0.39, 0.29) is 0 Å². The van der Waals surface area contributed by atoms with E-state index in [1.807, 2.05) is 6.07 Å². The fourth-order valence-corrected chi connectivity index (χ4v) is 1.68. The predicted molar refractivity (Wildman–Crippen MR) is 76.1 cm³/mol. The Morgan fingerprint density at radius 1 is 1.26 bits per heavy atom. The smallest absolute Gasteiger partial charge is 0.130 e. The quantitative estimate of drug-likeness (QED) is 0.663. The minimum Gasteiger partial charge on any atom is -0.462 e. The summed E-state index contributed by atoms with van der Waals surface area (Å²) in [6.07, 6.45) is 0. The number of ether oxygens (including phenoxy) is 2. The zero-order valence-corrected chi connectivity index (χ0v) is 12.6. The molecule has 4 nitrogen and oxygen atoms in total. The van der Waals surface area contributed by atoms with Crippen molar-refractivity contribution in [3.8, 4) is 0 Å². The molecule has 0 fully saturated rings. The van der Waals surface area contributed by atoms with Crippen LogP contribution in [-0.4, -0.2) is 26.4 Å². The molecule has 4 heteroatoms. The molecule has 0 aliphatic heterocycles. The summed E-state index contributed by atoms with van der Waals surface area (Å²) in [6, 6.07) is 2.04. The molecule has 0 aliphatic rings. The van der Waals surface area contributed by atoms with Crippen molar-refractivity contribution in [2.45, 2.75) is 40.8 Å². The number of rotatable bonds is 10. The van der Waals surface area contributed by atoms with Crippen molar-refractivity contribution >= 4 is 0 Å². The van der Waals surface area contributed by atoms with E-state index in [0.717, 1.165) is 31.2 Å². The van der Waals surface area contributed by atoms with Crippen molar-refractivity contribution in [2.75, 3.05) is 26.4 Å². The lowest BCUT2D eigenvalue weighted by molar-refractivity contribution is 0.0261. The number of nitrogens with one attached hydrogen (secondary N) is 1. The van der Waals surface area contributed by atoms with Gasteiger partial charge < -0.3 is 19.2 Å². The average Bonchev–Trinajstić information content (AvgIpc) is 2.71. The predicted octanol–water partition coefficient (Wildman–Crippen LogP) is 2.89. The number of hydrogen-bond acceptors (Lipinski definition) is 4. The van der Waals surface area contributed by atoms with Crippen molar-refractivity contribution in [3.05, 3.63) is 23.2 Å². The second kappa shape index (κ2) is 9.13. The summed E-state index contributed by atoms with van der Waals surface area (Å²) in [6.45, 7) is 12.7. The van der Waals surface area contributed by atoms with Crippen molar-refractivity contribution in [2.24, 2.45) is 5.92 Å². The standard InChI is InChI=1S/C15H27NO3/c1-5-16-9-15-13(4)8-14(19-15)11-18-7-6-17-10-12(2)3/h8,12,16H,5-7,9-11H2,1-4H3. The summed E-state index contributed by atoms with van der Waals surface area (Å²) < 4.78 is 16.7. The van der Waals surface area contributed by atoms with E-state index in [1.165, 1.54) is 5.56 Å². The van der Waals surface area contributed by atoms with Crippen molar-refractivity contribution < 1.29 is 13.9 Å². The minimum absolute atomic E-state index is 0.512. The molecule has 1 aromatic rings. The van der Waals surface area contributed by atoms with Crippen LogP contribution in [0.5, 0.6) is 0 Å². The zero-order chi connectivity index (χ0) is 14.1. The Hall–Kier alpha value is -0.840. The first-order valence-corrected chi connectivity index (χ1v) is 7.07. The van der Waals surface area contributed by atoms with Gasteiger partial charge in [-0.15, -0.1) is 0 Å². The lowest BCUT2D eigenvalue weighted by Gasteiger charge is -2.06. The molecule has 0 aliphatic carbocycles. The van der Waals surface area contributed by atoms with Gasteiger partial charge in [-0.3, -0.25) is 0 Å². The molecule has 1 aromatic heterocycles. The maximum atomic E-state index is 5.73. The van der Waals surface area contributed by atoms with Crippen LogP contribution >= 0.6 is 0 Å². The highest BCUT2D eigenvalue weighted by molar-refractivity contribution is 5.19. The molecule has 1 heterocycles. The van der Waals surface area contributed by atoms with E-state index in [1.54, 1.807) is 0 Å². The van der Waals surface area contributed by atoms with E-state index < -0.39 is 0 Å². The molecule has 110 valence electrons. The lowest BCUT2D eigenvalue weighted by atomic mass is 10.2. The Morgan fingerprint density at radius 2 is 2.00 bits per heavy atom. The SMILES string of the molecule is CCNCc1oc(COCCOCC(C)C)cc1C. The highest BCUT2D eigenvalue weighted by atomic mass is 16.5. The highest BCUT2D eigenvalue weighted by Gasteiger charge is 2.07. The largest absolute Gasteiger partial charge is 0.462 e. The van der Waals surface area contributed by atoms with Crippen LogP contribution in [0.1, 0.15) is 37.9 Å². The second-order valence-corrected chi connectivity index (χ2v) is 5.12. The van der Waals surface area contributed by atoms with Gasteiger partial charge in [0.05, 0.1) is 19.8 Å². The maximum Gasteiger partial charge on any atom is 0.130 e. The highest BCUT2D eigenvalue weighted by Crippen LogP contribution is 2.15. The molecule has 0 amide bonds. The van der Waals surface area contributed by atoms with Crippen LogP contribution in [-0.2, 0) is 22.6 Å². The van der Waals surface area contributed by atoms with E-state index in [4.69, 9.17) is 13.9 Å². The van der Waals surface area contributed by atoms with Gasteiger partial charge >= 0.3 is 0 Å². The summed E-state index contributed by atoms with van der Waals surface area (Å²) in [5.41, 5.74) is 1.18. The molecule has 0 saturated heterocycles. The number of hydrogen-bond donors (Lipinski definition) is 1. The first-order valence-electron chi connectivity index (χ1n) is 7.07. The lowest BCUT2D eigenvalue weighted by Crippen LogP contribution is -2.11. The van der Waals surface area contributed by atoms with Crippen LogP contribution in [0.2, 0.25) is 0 Å². The summed E-state index contributed by atoms with van der Waals surface area (Å²) >= 11 is 0. The van der Waals surface area contributed by atoms with Crippen molar-refractivity contribution in [3.63, 3.8) is 0 Å². The molecule has 0 atom stereocenters. The topological polar surface area (TPSA) is 43.6 Å². The molecular weight excluding hydrogens is 242 g/mol. The minimum atomic E-state index is 0.512. The fourth-order valence-electron chi connectivity index (χ4n) is 1.68. The summed E-state index contributed by atoms with van der Waals surface area (Å²) in [5, 5.41) is 3.26. The molecule has 19 heavy (non-hydrogen) atoms. The molecule has 1 rings (SSSR count). The molecule has 0 unspecified atom stereocenters. The van der Waals surface area contributed by atoms with Gasteiger partial charge in [0.2, 0.25) is 0 Å². The normalized spacial score (nSPS) is 11.4. The number of aryl methyl sites for hydroxylation is 1. The van der Waals surface area contributed by atoms with E-state index in [0.29, 0.717) is 25.7 Å². The van der Waals surface area contributed by atoms with E-state index >= 15 is 0 Å². The molecular formula is C15H27NO3. The molecule has 1 N–H and O–H groups in total. The van der Waals surface area contributed by atoms with Gasteiger partial charge in [0, 0.05) is 6.61 Å². The maximum absolute atomic E-state index is 5.73. The summed E-state index contributed by atoms with van der Waals surface area (Å²) in [4.78, 5) is 0. The van der Waals surface area contributed by atoms with Gasteiger partial charge in [-0.05, 0) is 31.0 Å². The third-order valence-electron chi connectivity index (χ3n) is 2.67. The summed E-state index contributed by atoms with van der Waals surface area (Å²) in [7, 11) is 0. The Morgan fingerprint density at radius 3 is 2.68 bits per heavy atom. The van der Waals surface area contributed by atoms with Gasteiger partial charge in [-0.1, -0.05) is 20.8 Å². The molecule has 0 aromatic carbocycles. The molecule has 0 spiro atoms. The third-order valence-corrected chi connectivity index (χ3v) is 2.67. The van der Waals surface area contributed by atoms with E-state index in [9.17, 15) is 0 Å². The summed E-state index contributed by atoms with van der Waals surface area (Å²) in [5.74, 6) is 2.45. The van der Waals surface area contributed by atoms with E-state index in [2.05, 4.69) is 33.0 Å². The Kier molecular flexibility index (Phi) is 7.79. The Balaban J connectivity index is 2.18.